The van der Waals surface area contributed by atoms with E-state index in [-0.39, 0.29) is 0 Å². The molecule has 0 fully saturated rings. The Labute approximate surface area is 100 Å². The molecule has 2 rings (SSSR count). The minimum absolute atomic E-state index is 0.770. The molecule has 0 aliphatic heterocycles. The Kier molecular flexibility index (Phi) is 3.27. The monoisotopic (exact) mass is 228 g/mol. The largest absolute Gasteiger partial charge is 0.285 e. The van der Waals surface area contributed by atoms with E-state index in [1.54, 1.807) is 6.20 Å². The van der Waals surface area contributed by atoms with E-state index in [1.807, 2.05) is 24.3 Å². The Morgan fingerprint density at radius 2 is 2.06 bits per heavy atom. The lowest BCUT2D eigenvalue weighted by atomic mass is 10.1. The molecule has 0 saturated heterocycles. The maximum absolute atomic E-state index is 5.35. The van der Waals surface area contributed by atoms with Crippen LogP contribution in [0.5, 0.6) is 0 Å². The van der Waals surface area contributed by atoms with Gasteiger partial charge in [0.1, 0.15) is 5.69 Å². The van der Waals surface area contributed by atoms with Gasteiger partial charge in [-0.1, -0.05) is 42.6 Å². The number of H-pyrrole nitrogens is 1. The number of allylic oxidation sites excluding steroid dienone is 1. The number of aromatic amines is 1. The first-order chi connectivity index (χ1) is 7.81. The molecule has 1 aromatic heterocycles. The van der Waals surface area contributed by atoms with E-state index in [1.165, 1.54) is 5.56 Å². The van der Waals surface area contributed by atoms with Gasteiger partial charge in [-0.3, -0.25) is 5.10 Å². The highest BCUT2D eigenvalue weighted by Crippen LogP contribution is 2.11. The number of thiocarbonyl (C=S) groups is 1. The number of nitrogens with one attached hydrogen (secondary N) is 1. The fourth-order valence-electron chi connectivity index (χ4n) is 1.49. The lowest BCUT2D eigenvalue weighted by Crippen LogP contribution is -2.00. The van der Waals surface area contributed by atoms with Crippen molar-refractivity contribution in [1.29, 1.82) is 0 Å². The summed E-state index contributed by atoms with van der Waals surface area (Å²) in [7, 11) is 0. The van der Waals surface area contributed by atoms with Crippen LogP contribution in [0.1, 0.15) is 16.8 Å². The molecule has 3 heteroatoms. The zero-order valence-corrected chi connectivity index (χ0v) is 9.63. The van der Waals surface area contributed by atoms with Gasteiger partial charge in [0, 0.05) is 6.20 Å². The highest BCUT2D eigenvalue weighted by atomic mass is 32.1. The van der Waals surface area contributed by atoms with Crippen LogP contribution < -0.4 is 0 Å². The normalized spacial score (nSPS) is 10.0. The van der Waals surface area contributed by atoms with Crippen LogP contribution in [0.2, 0.25) is 0 Å². The predicted molar refractivity (Wildman–Crippen MR) is 69.7 cm³/mol. The second-order valence-corrected chi connectivity index (χ2v) is 3.89. The third kappa shape index (κ3) is 2.25. The van der Waals surface area contributed by atoms with E-state index in [4.69, 9.17) is 12.2 Å². The van der Waals surface area contributed by atoms with Crippen molar-refractivity contribution in [3.63, 3.8) is 0 Å². The van der Waals surface area contributed by atoms with Crippen LogP contribution in [-0.4, -0.2) is 15.1 Å². The number of aromatic nitrogens is 2. The van der Waals surface area contributed by atoms with Gasteiger partial charge in [-0.25, -0.2) is 0 Å². The molecule has 0 radical (unpaired) electrons. The molecule has 16 heavy (non-hydrogen) atoms. The average molecular weight is 228 g/mol. The zero-order chi connectivity index (χ0) is 11.4. The Hall–Kier alpha value is -1.74. The highest BCUT2D eigenvalue weighted by molar-refractivity contribution is 7.81. The number of nitrogens with zero attached hydrogens (tertiary/aromatic N) is 1. The van der Waals surface area contributed by atoms with E-state index in [0.717, 1.165) is 22.5 Å². The number of rotatable bonds is 4. The van der Waals surface area contributed by atoms with Gasteiger partial charge in [-0.05, 0) is 23.6 Å². The maximum Gasteiger partial charge on any atom is 0.103 e. The Morgan fingerprint density at radius 1 is 1.31 bits per heavy atom. The molecule has 0 saturated carbocycles. The van der Waals surface area contributed by atoms with Gasteiger partial charge in [0.25, 0.3) is 0 Å². The summed E-state index contributed by atoms with van der Waals surface area (Å²) in [6.07, 6.45) is 4.55. The number of benzene rings is 1. The summed E-state index contributed by atoms with van der Waals surface area (Å²) in [5.74, 6) is 0. The van der Waals surface area contributed by atoms with Gasteiger partial charge >= 0.3 is 0 Å². The van der Waals surface area contributed by atoms with Crippen molar-refractivity contribution in [3.05, 3.63) is 66.0 Å². The standard InChI is InChI=1S/C13H12N2S/c1-2-3-10-4-6-11(7-5-10)13(16)12-8-9-14-15-12/h2,4-9H,1,3H2,(H,14,15). The van der Waals surface area contributed by atoms with Crippen molar-refractivity contribution in [2.75, 3.05) is 0 Å². The van der Waals surface area contributed by atoms with Crippen LogP contribution in [0.25, 0.3) is 0 Å². The number of hydrogen-bond acceptors (Lipinski definition) is 2. The average Bonchev–Trinajstić information content (AvgIpc) is 2.83. The molecule has 1 heterocycles. The first-order valence-corrected chi connectivity index (χ1v) is 5.46. The van der Waals surface area contributed by atoms with Gasteiger partial charge in [0.15, 0.2) is 0 Å². The molecular formula is C13H12N2S. The first kappa shape index (κ1) is 10.8. The number of hydrogen-bond donors (Lipinski definition) is 1. The first-order valence-electron chi connectivity index (χ1n) is 5.05. The molecule has 1 N–H and O–H groups in total. The van der Waals surface area contributed by atoms with Crippen LogP contribution in [0.3, 0.4) is 0 Å². The molecule has 0 aliphatic carbocycles. The molecule has 0 unspecified atom stereocenters. The van der Waals surface area contributed by atoms with Gasteiger partial charge in [-0.2, -0.15) is 5.10 Å². The summed E-state index contributed by atoms with van der Waals surface area (Å²) < 4.78 is 0. The van der Waals surface area contributed by atoms with E-state index < -0.39 is 0 Å². The molecule has 0 bridgehead atoms. The molecule has 0 atom stereocenters. The third-order valence-electron chi connectivity index (χ3n) is 2.33. The van der Waals surface area contributed by atoms with Crippen molar-refractivity contribution in [2.24, 2.45) is 0 Å². The predicted octanol–water partition coefficient (Wildman–Crippen LogP) is 2.90. The van der Waals surface area contributed by atoms with Gasteiger partial charge in [-0.15, -0.1) is 6.58 Å². The molecule has 80 valence electrons. The summed E-state index contributed by atoms with van der Waals surface area (Å²) in [5, 5.41) is 6.83. The van der Waals surface area contributed by atoms with Crippen molar-refractivity contribution in [1.82, 2.24) is 10.2 Å². The minimum Gasteiger partial charge on any atom is -0.285 e. The summed E-state index contributed by atoms with van der Waals surface area (Å²) >= 11 is 5.35. The van der Waals surface area contributed by atoms with Crippen molar-refractivity contribution in [2.45, 2.75) is 6.42 Å². The van der Waals surface area contributed by atoms with E-state index >= 15 is 0 Å². The van der Waals surface area contributed by atoms with Crippen LogP contribution in [0.15, 0.2) is 49.2 Å². The molecule has 0 aliphatic rings. The Bertz CT molecular complexity index is 483. The van der Waals surface area contributed by atoms with Crippen LogP contribution in [-0.2, 0) is 6.42 Å². The summed E-state index contributed by atoms with van der Waals surface area (Å²) in [6.45, 7) is 3.71. The molecular weight excluding hydrogens is 216 g/mol. The summed E-state index contributed by atoms with van der Waals surface area (Å²) in [5.41, 5.74) is 3.07. The second-order valence-electron chi connectivity index (χ2n) is 3.48. The SMILES string of the molecule is C=CCc1ccc(C(=S)c2cc[nH]n2)cc1. The van der Waals surface area contributed by atoms with Crippen molar-refractivity contribution < 1.29 is 0 Å². The van der Waals surface area contributed by atoms with Gasteiger partial charge in [0.2, 0.25) is 0 Å². The topological polar surface area (TPSA) is 28.7 Å². The fraction of sp³-hybridized carbons (Fsp3) is 0.0769. The summed E-state index contributed by atoms with van der Waals surface area (Å²) in [6, 6.07) is 10.1. The second kappa shape index (κ2) is 4.86. The van der Waals surface area contributed by atoms with Crippen molar-refractivity contribution >= 4 is 17.1 Å². The minimum atomic E-state index is 0.770. The quantitative estimate of drug-likeness (QED) is 0.495. The van der Waals surface area contributed by atoms with Crippen LogP contribution in [0, 0.1) is 0 Å². The zero-order valence-electron chi connectivity index (χ0n) is 8.81. The molecule has 2 nitrogen and oxygen atoms in total. The van der Waals surface area contributed by atoms with Gasteiger partial charge < -0.3 is 0 Å². The Morgan fingerprint density at radius 3 is 2.62 bits per heavy atom. The van der Waals surface area contributed by atoms with Crippen molar-refractivity contribution in [3.8, 4) is 0 Å². The highest BCUT2D eigenvalue weighted by Gasteiger charge is 2.05. The van der Waals surface area contributed by atoms with E-state index in [0.29, 0.717) is 0 Å². The molecule has 1 aromatic carbocycles. The summed E-state index contributed by atoms with van der Waals surface area (Å²) in [4.78, 5) is 0.770. The lowest BCUT2D eigenvalue weighted by Gasteiger charge is -2.02. The molecule has 0 amide bonds. The maximum atomic E-state index is 5.35. The van der Waals surface area contributed by atoms with E-state index in [9.17, 15) is 0 Å². The van der Waals surface area contributed by atoms with Gasteiger partial charge in [0.05, 0.1) is 4.86 Å². The van der Waals surface area contributed by atoms with Crippen LogP contribution >= 0.6 is 12.2 Å². The fourth-order valence-corrected chi connectivity index (χ4v) is 1.74. The van der Waals surface area contributed by atoms with E-state index in [2.05, 4.69) is 28.9 Å². The van der Waals surface area contributed by atoms with Crippen LogP contribution in [0.4, 0.5) is 0 Å². The molecule has 0 spiro atoms. The lowest BCUT2D eigenvalue weighted by molar-refractivity contribution is 1.08. The Balaban J connectivity index is 2.22. The smallest absolute Gasteiger partial charge is 0.103 e. The molecule has 2 aromatic rings. The third-order valence-corrected chi connectivity index (χ3v) is 2.77.